The smallest absolute Gasteiger partial charge is 0.211 e. The molecule has 6 heterocycles. The number of aromatic nitrogens is 4. The first-order valence-electron chi connectivity index (χ1n) is 15.7. The molecule has 0 aliphatic carbocycles. The predicted octanol–water partition coefficient (Wildman–Crippen LogP) is 1.93. The van der Waals surface area contributed by atoms with E-state index in [-0.39, 0.29) is 0 Å². The first-order valence-corrected chi connectivity index (χ1v) is 18.5. The van der Waals surface area contributed by atoms with Crippen LogP contribution in [0.5, 0.6) is 0 Å². The molecule has 0 saturated carbocycles. The molecule has 14 heteroatoms. The van der Waals surface area contributed by atoms with E-state index in [1.54, 1.807) is 4.31 Å². The van der Waals surface area contributed by atoms with E-state index in [1.807, 2.05) is 30.1 Å². The van der Waals surface area contributed by atoms with Crippen molar-refractivity contribution in [1.29, 1.82) is 0 Å². The minimum absolute atomic E-state index is 0.344. The summed E-state index contributed by atoms with van der Waals surface area (Å²) >= 11 is 1.92. The van der Waals surface area contributed by atoms with Crippen LogP contribution in [0.2, 0.25) is 0 Å². The van der Waals surface area contributed by atoms with E-state index in [9.17, 15) is 8.42 Å². The SMILES string of the molecule is CS(=O)(=O)N1CCC(N(CCN2CCOCC2)CC2Cc3nc(-c4cccc5[nH]ncc45)nc(N4CCOCC4)c3S2)CC1. The number of hydrogen-bond donors (Lipinski definition) is 1. The van der Waals surface area contributed by atoms with Gasteiger partial charge in [0.25, 0.3) is 0 Å². The monoisotopic (exact) mass is 642 g/mol. The number of piperidine rings is 1. The van der Waals surface area contributed by atoms with E-state index in [0.29, 0.717) is 37.6 Å². The van der Waals surface area contributed by atoms with Crippen molar-refractivity contribution in [1.82, 2.24) is 34.3 Å². The van der Waals surface area contributed by atoms with Crippen molar-refractivity contribution >= 4 is 38.5 Å². The fourth-order valence-electron chi connectivity index (χ4n) is 6.86. The van der Waals surface area contributed by atoms with Crippen LogP contribution in [0.25, 0.3) is 22.3 Å². The Morgan fingerprint density at radius 2 is 1.77 bits per heavy atom. The largest absolute Gasteiger partial charge is 0.379 e. The summed E-state index contributed by atoms with van der Waals surface area (Å²) in [7, 11) is -3.16. The van der Waals surface area contributed by atoms with E-state index < -0.39 is 10.0 Å². The van der Waals surface area contributed by atoms with Gasteiger partial charge in [-0.3, -0.25) is 14.9 Å². The zero-order valence-electron chi connectivity index (χ0n) is 25.4. The van der Waals surface area contributed by atoms with Crippen molar-refractivity contribution in [2.45, 2.75) is 35.4 Å². The number of nitrogens with zero attached hydrogens (tertiary/aromatic N) is 7. The van der Waals surface area contributed by atoms with Crippen LogP contribution in [0, 0.1) is 0 Å². The van der Waals surface area contributed by atoms with Gasteiger partial charge in [0.2, 0.25) is 10.0 Å². The van der Waals surface area contributed by atoms with Gasteiger partial charge in [0, 0.05) is 87.6 Å². The number of nitrogens with one attached hydrogen (secondary N) is 1. The van der Waals surface area contributed by atoms with Crippen LogP contribution in [0.15, 0.2) is 29.3 Å². The summed E-state index contributed by atoms with van der Waals surface area (Å²) in [6.07, 6.45) is 5.78. The topological polar surface area (TPSA) is 120 Å². The molecule has 0 radical (unpaired) electrons. The average Bonchev–Trinajstić information content (AvgIpc) is 3.70. The number of ether oxygens (including phenoxy) is 2. The Morgan fingerprint density at radius 1 is 1.02 bits per heavy atom. The third-order valence-corrected chi connectivity index (χ3v) is 11.9. The van der Waals surface area contributed by atoms with Gasteiger partial charge in [-0.15, -0.1) is 11.8 Å². The molecule has 3 saturated heterocycles. The summed E-state index contributed by atoms with van der Waals surface area (Å²) in [6, 6.07) is 6.50. The fourth-order valence-corrected chi connectivity index (χ4v) is 9.12. The van der Waals surface area contributed by atoms with E-state index >= 15 is 0 Å². The Labute approximate surface area is 263 Å². The highest BCUT2D eigenvalue weighted by Gasteiger charge is 2.35. The number of aromatic amines is 1. The Bertz CT molecular complexity index is 1550. The molecule has 2 aromatic heterocycles. The van der Waals surface area contributed by atoms with Crippen molar-refractivity contribution in [3.05, 3.63) is 30.1 Å². The van der Waals surface area contributed by atoms with Gasteiger partial charge in [-0.2, -0.15) is 5.10 Å². The minimum atomic E-state index is -3.16. The van der Waals surface area contributed by atoms with Crippen molar-refractivity contribution < 1.29 is 17.9 Å². The van der Waals surface area contributed by atoms with Crippen LogP contribution in [-0.4, -0.2) is 146 Å². The quantitative estimate of drug-likeness (QED) is 0.369. The molecule has 1 N–H and O–H groups in total. The summed E-state index contributed by atoms with van der Waals surface area (Å²) in [4.78, 5) is 19.1. The predicted molar refractivity (Wildman–Crippen MR) is 172 cm³/mol. The minimum Gasteiger partial charge on any atom is -0.379 e. The number of rotatable bonds is 9. The number of sulfonamides is 1. The van der Waals surface area contributed by atoms with E-state index in [1.165, 1.54) is 11.2 Å². The molecular weight excluding hydrogens is 601 g/mol. The molecule has 44 heavy (non-hydrogen) atoms. The van der Waals surface area contributed by atoms with Gasteiger partial charge < -0.3 is 14.4 Å². The van der Waals surface area contributed by atoms with Gasteiger partial charge in [-0.1, -0.05) is 12.1 Å². The summed E-state index contributed by atoms with van der Waals surface area (Å²) in [5, 5.41) is 8.71. The first kappa shape index (κ1) is 30.3. The standard InChI is InChI=1S/C30H42N8O4S2/c1-44(39,40)38-7-5-22(6-8-38)37(10-9-35-11-15-41-16-12-35)21-23-19-27-28(43-23)30(36-13-17-42-18-14-36)33-29(32-27)24-3-2-4-26-25(24)20-31-34-26/h2-4,20,22-23H,5-19,21H2,1H3,(H,31,34). The molecule has 4 aliphatic rings. The zero-order valence-corrected chi connectivity index (χ0v) is 27.0. The number of fused-ring (bicyclic) bond motifs is 2. The lowest BCUT2D eigenvalue weighted by atomic mass is 10.0. The highest BCUT2D eigenvalue weighted by atomic mass is 32.2. The summed E-state index contributed by atoms with van der Waals surface area (Å²) in [6.45, 7) is 10.6. The second kappa shape index (κ2) is 13.2. The molecule has 4 aliphatic heterocycles. The van der Waals surface area contributed by atoms with Crippen LogP contribution in [0.4, 0.5) is 5.82 Å². The number of H-pyrrole nitrogens is 1. The Balaban J connectivity index is 1.14. The van der Waals surface area contributed by atoms with E-state index in [0.717, 1.165) is 112 Å². The average molecular weight is 643 g/mol. The molecule has 12 nitrogen and oxygen atoms in total. The number of benzene rings is 1. The molecule has 1 unspecified atom stereocenters. The molecule has 3 aromatic rings. The van der Waals surface area contributed by atoms with Crippen molar-refractivity contribution in [3.63, 3.8) is 0 Å². The fraction of sp³-hybridized carbons (Fsp3) is 0.633. The maximum Gasteiger partial charge on any atom is 0.211 e. The maximum absolute atomic E-state index is 12.2. The third kappa shape index (κ3) is 6.62. The summed E-state index contributed by atoms with van der Waals surface area (Å²) < 4.78 is 37.3. The second-order valence-electron chi connectivity index (χ2n) is 12.2. The van der Waals surface area contributed by atoms with Crippen molar-refractivity contribution in [2.75, 3.05) is 96.5 Å². The lowest BCUT2D eigenvalue weighted by Crippen LogP contribution is -2.50. The molecule has 7 rings (SSSR count). The highest BCUT2D eigenvalue weighted by Crippen LogP contribution is 2.44. The summed E-state index contributed by atoms with van der Waals surface area (Å²) in [5.74, 6) is 1.76. The van der Waals surface area contributed by atoms with Crippen LogP contribution in [0.3, 0.4) is 0 Å². The van der Waals surface area contributed by atoms with Crippen LogP contribution < -0.4 is 4.90 Å². The number of morpholine rings is 2. The molecule has 1 aromatic carbocycles. The van der Waals surface area contributed by atoms with Gasteiger partial charge in [-0.25, -0.2) is 22.7 Å². The van der Waals surface area contributed by atoms with Crippen molar-refractivity contribution in [2.24, 2.45) is 0 Å². The molecule has 238 valence electrons. The molecule has 0 bridgehead atoms. The number of hydrogen-bond acceptors (Lipinski definition) is 11. The third-order valence-electron chi connectivity index (χ3n) is 9.31. The molecule has 0 amide bonds. The van der Waals surface area contributed by atoms with Crippen LogP contribution >= 0.6 is 11.8 Å². The zero-order chi connectivity index (χ0) is 30.1. The first-order chi connectivity index (χ1) is 21.4. The molecule has 0 spiro atoms. The Morgan fingerprint density at radius 3 is 2.52 bits per heavy atom. The second-order valence-corrected chi connectivity index (χ2v) is 15.5. The van der Waals surface area contributed by atoms with Gasteiger partial charge in [0.1, 0.15) is 5.82 Å². The molecule has 3 fully saturated rings. The van der Waals surface area contributed by atoms with Gasteiger partial charge in [0.05, 0.1) is 55.0 Å². The lowest BCUT2D eigenvalue weighted by Gasteiger charge is -2.40. The maximum atomic E-state index is 12.2. The van der Waals surface area contributed by atoms with E-state index in [2.05, 4.69) is 31.0 Å². The lowest BCUT2D eigenvalue weighted by molar-refractivity contribution is 0.0287. The van der Waals surface area contributed by atoms with E-state index in [4.69, 9.17) is 19.4 Å². The number of thioether (sulfide) groups is 1. The number of anilines is 1. The Hall–Kier alpha value is -2.33. The molecule has 1 atom stereocenters. The molecular formula is C30H42N8O4S2. The normalized spacial score (nSPS) is 22.7. The summed E-state index contributed by atoms with van der Waals surface area (Å²) in [5.41, 5.74) is 3.09. The van der Waals surface area contributed by atoms with Gasteiger partial charge >= 0.3 is 0 Å². The van der Waals surface area contributed by atoms with Gasteiger partial charge in [-0.05, 0) is 18.9 Å². The van der Waals surface area contributed by atoms with Crippen molar-refractivity contribution in [3.8, 4) is 11.4 Å². The van der Waals surface area contributed by atoms with Gasteiger partial charge in [0.15, 0.2) is 5.82 Å². The Kier molecular flexibility index (Phi) is 9.09. The highest BCUT2D eigenvalue weighted by molar-refractivity contribution is 8.00. The van der Waals surface area contributed by atoms with Crippen LogP contribution in [-0.2, 0) is 25.9 Å². The van der Waals surface area contributed by atoms with Crippen LogP contribution in [0.1, 0.15) is 18.5 Å².